The molecule has 2 aromatic carbocycles. The molecule has 0 aliphatic rings. The highest BCUT2D eigenvalue weighted by molar-refractivity contribution is 14.1. The second-order valence-electron chi connectivity index (χ2n) is 3.83. The third-order valence-electron chi connectivity index (χ3n) is 2.49. The van der Waals surface area contributed by atoms with Crippen LogP contribution in [-0.4, -0.2) is 0 Å². The van der Waals surface area contributed by atoms with Crippen molar-refractivity contribution in [3.8, 4) is 0 Å². The van der Waals surface area contributed by atoms with E-state index < -0.39 is 0 Å². The summed E-state index contributed by atoms with van der Waals surface area (Å²) in [7, 11) is 0. The number of hydrogen-bond acceptors (Lipinski definition) is 2. The monoisotopic (exact) mass is 360 g/mol. The van der Waals surface area contributed by atoms with Crippen LogP contribution in [0.25, 0.3) is 0 Å². The van der Waals surface area contributed by atoms with Gasteiger partial charge in [-0.05, 0) is 46.4 Å². The molecule has 0 fully saturated rings. The van der Waals surface area contributed by atoms with Crippen molar-refractivity contribution in [1.29, 1.82) is 0 Å². The van der Waals surface area contributed by atoms with Gasteiger partial charge in [-0.2, -0.15) is 0 Å². The van der Waals surface area contributed by atoms with Gasteiger partial charge in [0.2, 0.25) is 0 Å². The molecule has 0 unspecified atom stereocenters. The SMILES string of the molecule is Nc1cc(I)c(F)cc1NCc1ccc(F)cc1. The minimum Gasteiger partial charge on any atom is -0.397 e. The fourth-order valence-electron chi connectivity index (χ4n) is 1.51. The highest BCUT2D eigenvalue weighted by Crippen LogP contribution is 2.24. The Morgan fingerprint density at radius 2 is 1.78 bits per heavy atom. The molecule has 94 valence electrons. The van der Waals surface area contributed by atoms with Gasteiger partial charge in [0.05, 0.1) is 14.9 Å². The van der Waals surface area contributed by atoms with Crippen LogP contribution in [0.2, 0.25) is 0 Å². The van der Waals surface area contributed by atoms with Crippen LogP contribution in [0.3, 0.4) is 0 Å². The summed E-state index contributed by atoms with van der Waals surface area (Å²) in [5.41, 5.74) is 7.71. The van der Waals surface area contributed by atoms with Crippen LogP contribution in [0.5, 0.6) is 0 Å². The molecule has 0 aromatic heterocycles. The van der Waals surface area contributed by atoms with Gasteiger partial charge in [0.1, 0.15) is 11.6 Å². The lowest BCUT2D eigenvalue weighted by Crippen LogP contribution is -2.03. The first-order valence-electron chi connectivity index (χ1n) is 5.29. The molecule has 3 N–H and O–H groups in total. The molecule has 0 bridgehead atoms. The lowest BCUT2D eigenvalue weighted by Gasteiger charge is -2.10. The third-order valence-corrected chi connectivity index (χ3v) is 3.32. The fraction of sp³-hybridized carbons (Fsp3) is 0.0769. The molecule has 2 rings (SSSR count). The van der Waals surface area contributed by atoms with E-state index in [-0.39, 0.29) is 11.6 Å². The molecule has 2 nitrogen and oxygen atoms in total. The normalized spacial score (nSPS) is 10.4. The number of benzene rings is 2. The lowest BCUT2D eigenvalue weighted by molar-refractivity contribution is 0.621. The summed E-state index contributed by atoms with van der Waals surface area (Å²) in [4.78, 5) is 0. The number of nitrogens with two attached hydrogens (primary N) is 1. The number of halogens is 3. The van der Waals surface area contributed by atoms with Crippen LogP contribution in [0.15, 0.2) is 36.4 Å². The first-order valence-corrected chi connectivity index (χ1v) is 6.37. The molecule has 0 aliphatic heterocycles. The Labute approximate surface area is 117 Å². The summed E-state index contributed by atoms with van der Waals surface area (Å²) in [6.45, 7) is 0.463. The molecule has 0 saturated carbocycles. The molecule has 0 saturated heterocycles. The average molecular weight is 360 g/mol. The zero-order chi connectivity index (χ0) is 13.1. The van der Waals surface area contributed by atoms with Crippen molar-refractivity contribution >= 4 is 34.0 Å². The van der Waals surface area contributed by atoms with Gasteiger partial charge in [-0.1, -0.05) is 12.1 Å². The fourth-order valence-corrected chi connectivity index (χ4v) is 2.01. The summed E-state index contributed by atoms with van der Waals surface area (Å²) in [6, 6.07) is 9.04. The smallest absolute Gasteiger partial charge is 0.138 e. The van der Waals surface area contributed by atoms with Gasteiger partial charge < -0.3 is 11.1 Å². The third kappa shape index (κ3) is 3.10. The van der Waals surface area contributed by atoms with Gasteiger partial charge in [-0.25, -0.2) is 8.78 Å². The predicted molar refractivity (Wildman–Crippen MR) is 77.3 cm³/mol. The van der Waals surface area contributed by atoms with E-state index in [1.165, 1.54) is 18.2 Å². The molecule has 0 radical (unpaired) electrons. The van der Waals surface area contributed by atoms with Gasteiger partial charge in [-0.15, -0.1) is 0 Å². The molecule has 0 spiro atoms. The molecule has 2 aromatic rings. The largest absolute Gasteiger partial charge is 0.397 e. The van der Waals surface area contributed by atoms with Gasteiger partial charge in [0.15, 0.2) is 0 Å². The Kier molecular flexibility index (Phi) is 4.00. The summed E-state index contributed by atoms with van der Waals surface area (Å²) >= 11 is 1.89. The number of rotatable bonds is 3. The van der Waals surface area contributed by atoms with Gasteiger partial charge in [0.25, 0.3) is 0 Å². The first-order chi connectivity index (χ1) is 8.56. The van der Waals surface area contributed by atoms with Gasteiger partial charge in [-0.3, -0.25) is 0 Å². The van der Waals surface area contributed by atoms with Crippen LogP contribution >= 0.6 is 22.6 Å². The summed E-state index contributed by atoms with van der Waals surface area (Å²) < 4.78 is 26.6. The van der Waals surface area contributed by atoms with E-state index in [4.69, 9.17) is 5.73 Å². The van der Waals surface area contributed by atoms with E-state index in [9.17, 15) is 8.78 Å². The van der Waals surface area contributed by atoms with Gasteiger partial charge in [0, 0.05) is 12.6 Å². The number of nitrogens with one attached hydrogen (secondary N) is 1. The molecule has 0 aliphatic carbocycles. The van der Waals surface area contributed by atoms with Crippen molar-refractivity contribution in [2.45, 2.75) is 6.54 Å². The second kappa shape index (κ2) is 5.51. The summed E-state index contributed by atoms with van der Waals surface area (Å²) in [5.74, 6) is -0.593. The zero-order valence-corrected chi connectivity index (χ0v) is 11.5. The second-order valence-corrected chi connectivity index (χ2v) is 5.00. The maximum Gasteiger partial charge on any atom is 0.138 e. The number of anilines is 2. The van der Waals surface area contributed by atoms with Crippen LogP contribution in [0, 0.1) is 15.2 Å². The molecule has 0 heterocycles. The standard InChI is InChI=1S/C13H11F2IN2/c14-9-3-1-8(2-4-9)7-18-13-5-10(15)11(16)6-12(13)17/h1-6,18H,7,17H2. The highest BCUT2D eigenvalue weighted by atomic mass is 127. The van der Waals surface area contributed by atoms with Crippen LogP contribution in [0.1, 0.15) is 5.56 Å². The zero-order valence-electron chi connectivity index (χ0n) is 9.38. The Morgan fingerprint density at radius 3 is 2.44 bits per heavy atom. The molecule has 0 amide bonds. The number of hydrogen-bond donors (Lipinski definition) is 2. The molecule has 0 atom stereocenters. The predicted octanol–water partition coefficient (Wildman–Crippen LogP) is 3.76. The first kappa shape index (κ1) is 13.1. The van der Waals surface area contributed by atoms with Crippen molar-refractivity contribution in [2.75, 3.05) is 11.1 Å². The molecular weight excluding hydrogens is 349 g/mol. The maximum absolute atomic E-state index is 13.4. The van der Waals surface area contributed by atoms with E-state index in [1.54, 1.807) is 18.2 Å². The summed E-state index contributed by atoms with van der Waals surface area (Å²) in [6.07, 6.45) is 0. The van der Waals surface area contributed by atoms with Gasteiger partial charge >= 0.3 is 0 Å². The van der Waals surface area contributed by atoms with Crippen LogP contribution < -0.4 is 11.1 Å². The minimum absolute atomic E-state index is 0.279. The Balaban J connectivity index is 2.10. The maximum atomic E-state index is 13.4. The van der Waals surface area contributed by atoms with Crippen molar-refractivity contribution in [3.05, 3.63) is 57.2 Å². The van der Waals surface area contributed by atoms with E-state index in [0.717, 1.165) is 5.56 Å². The molecule has 5 heteroatoms. The van der Waals surface area contributed by atoms with E-state index in [0.29, 0.717) is 21.5 Å². The quantitative estimate of drug-likeness (QED) is 0.646. The van der Waals surface area contributed by atoms with Crippen molar-refractivity contribution < 1.29 is 8.78 Å². The Morgan fingerprint density at radius 1 is 1.11 bits per heavy atom. The molecule has 18 heavy (non-hydrogen) atoms. The average Bonchev–Trinajstić information content (AvgIpc) is 2.34. The Hall–Kier alpha value is -1.37. The highest BCUT2D eigenvalue weighted by Gasteiger charge is 2.05. The minimum atomic E-state index is -0.314. The van der Waals surface area contributed by atoms with Crippen molar-refractivity contribution in [1.82, 2.24) is 0 Å². The summed E-state index contributed by atoms with van der Waals surface area (Å²) in [5, 5.41) is 3.03. The van der Waals surface area contributed by atoms with Crippen LogP contribution in [-0.2, 0) is 6.54 Å². The molecular formula is C13H11F2IN2. The topological polar surface area (TPSA) is 38.0 Å². The Bertz CT molecular complexity index is 556. The van der Waals surface area contributed by atoms with Crippen molar-refractivity contribution in [3.63, 3.8) is 0 Å². The van der Waals surface area contributed by atoms with E-state index in [2.05, 4.69) is 5.32 Å². The lowest BCUT2D eigenvalue weighted by atomic mass is 10.2. The van der Waals surface area contributed by atoms with E-state index >= 15 is 0 Å². The van der Waals surface area contributed by atoms with E-state index in [1.807, 2.05) is 22.6 Å². The van der Waals surface area contributed by atoms with Crippen LogP contribution in [0.4, 0.5) is 20.2 Å². The number of nitrogen functional groups attached to an aromatic ring is 1. The van der Waals surface area contributed by atoms with Crippen molar-refractivity contribution in [2.24, 2.45) is 0 Å².